The third-order valence-electron chi connectivity index (χ3n) is 12.8. The molecule has 9 aromatic carbocycles. The van der Waals surface area contributed by atoms with Crippen molar-refractivity contribution >= 4 is 17.1 Å². The van der Waals surface area contributed by atoms with Crippen molar-refractivity contribution in [1.82, 2.24) is 0 Å². The number of anilines is 3. The van der Waals surface area contributed by atoms with E-state index in [0.717, 1.165) is 39.7 Å². The Labute approximate surface area is 352 Å². The van der Waals surface area contributed by atoms with Crippen LogP contribution in [0.5, 0.6) is 11.5 Å². The molecule has 0 radical (unpaired) electrons. The van der Waals surface area contributed by atoms with Crippen molar-refractivity contribution in [3.05, 3.63) is 258 Å². The molecule has 2 nitrogen and oxygen atoms in total. The Kier molecular flexibility index (Phi) is 8.42. The molecule has 0 aromatic heterocycles. The van der Waals surface area contributed by atoms with E-state index in [1.54, 1.807) is 0 Å². The van der Waals surface area contributed by atoms with Crippen LogP contribution in [0.15, 0.2) is 224 Å². The second-order valence-electron chi connectivity index (χ2n) is 16.5. The summed E-state index contributed by atoms with van der Waals surface area (Å²) < 4.78 is 6.65. The molecule has 2 heteroatoms. The molecule has 0 unspecified atom stereocenters. The van der Waals surface area contributed by atoms with Crippen LogP contribution >= 0.6 is 0 Å². The Morgan fingerprint density at radius 3 is 1.45 bits per heavy atom. The Balaban J connectivity index is 1.11. The van der Waals surface area contributed by atoms with E-state index in [4.69, 9.17) is 4.74 Å². The second kappa shape index (κ2) is 14.1. The third kappa shape index (κ3) is 5.63. The first-order valence-electron chi connectivity index (χ1n) is 20.8. The van der Waals surface area contributed by atoms with Crippen molar-refractivity contribution in [2.45, 2.75) is 24.7 Å². The molecule has 286 valence electrons. The summed E-state index contributed by atoms with van der Waals surface area (Å²) in [5.74, 6) is 1.74. The van der Waals surface area contributed by atoms with Crippen molar-refractivity contribution in [1.29, 1.82) is 0 Å². The molecule has 0 saturated heterocycles. The molecule has 0 saturated carbocycles. The maximum atomic E-state index is 6.65. The van der Waals surface area contributed by atoms with Crippen LogP contribution in [0, 0.1) is 0 Å². The molecule has 60 heavy (non-hydrogen) atoms. The minimum atomic E-state index is -0.635. The number of fused-ring (bicyclic) bond motifs is 5. The van der Waals surface area contributed by atoms with Crippen molar-refractivity contribution in [3.8, 4) is 44.9 Å². The van der Waals surface area contributed by atoms with Crippen molar-refractivity contribution in [3.63, 3.8) is 0 Å². The first kappa shape index (κ1) is 35.7. The van der Waals surface area contributed by atoms with Crippen LogP contribution in [0.2, 0.25) is 0 Å². The summed E-state index contributed by atoms with van der Waals surface area (Å²) in [5.41, 5.74) is 17.2. The molecular formula is C58H43NO. The van der Waals surface area contributed by atoms with Gasteiger partial charge in [-0.05, 0) is 110 Å². The fourth-order valence-corrected chi connectivity index (χ4v) is 9.91. The predicted molar refractivity (Wildman–Crippen MR) is 248 cm³/mol. The summed E-state index contributed by atoms with van der Waals surface area (Å²) in [6, 6.07) is 81.5. The minimum absolute atomic E-state index is 0.205. The Morgan fingerprint density at radius 1 is 0.333 bits per heavy atom. The highest BCUT2D eigenvalue weighted by Gasteiger charge is 2.45. The molecule has 0 spiro atoms. The van der Waals surface area contributed by atoms with E-state index in [9.17, 15) is 0 Å². The molecular weight excluding hydrogens is 727 g/mol. The number of ether oxygens (including phenoxy) is 1. The van der Waals surface area contributed by atoms with Gasteiger partial charge in [0.15, 0.2) is 0 Å². The Morgan fingerprint density at radius 2 is 0.800 bits per heavy atom. The maximum Gasteiger partial charge on any atom is 0.132 e. The zero-order valence-corrected chi connectivity index (χ0v) is 33.7. The Hall–Kier alpha value is -7.42. The standard InChI is InChI=1S/C58H43NO/c1-57(2)53-37-43(41-19-8-4-9-20-41)31-35-49(53)50-36-34-48(39-54(50)57)59(46-32-29-42(30-33-46)40-17-6-3-7-18-40)47-24-16-23-45(38-47)58(44-21-10-5-11-22-44)51-25-12-14-27-55(51)60-56-28-15-13-26-52(56)58/h3-39H,1-2H3. The fraction of sp³-hybridized carbons (Fsp3) is 0.0690. The molecule has 0 N–H and O–H groups in total. The van der Waals surface area contributed by atoms with Crippen molar-refractivity contribution in [2.75, 3.05) is 4.90 Å². The van der Waals surface area contributed by atoms with E-state index < -0.39 is 5.41 Å². The highest BCUT2D eigenvalue weighted by atomic mass is 16.5. The molecule has 9 aromatic rings. The van der Waals surface area contributed by atoms with Gasteiger partial charge in [0.25, 0.3) is 0 Å². The maximum absolute atomic E-state index is 6.65. The summed E-state index contributed by atoms with van der Waals surface area (Å²) in [4.78, 5) is 2.43. The molecule has 1 heterocycles. The minimum Gasteiger partial charge on any atom is -0.457 e. The summed E-state index contributed by atoms with van der Waals surface area (Å²) in [6.45, 7) is 4.75. The van der Waals surface area contributed by atoms with Crippen LogP contribution in [0.25, 0.3) is 33.4 Å². The quantitative estimate of drug-likeness (QED) is 0.160. The number of benzene rings is 9. The van der Waals surface area contributed by atoms with Crippen LogP contribution in [0.4, 0.5) is 17.1 Å². The molecule has 0 atom stereocenters. The molecule has 1 aliphatic heterocycles. The first-order chi connectivity index (χ1) is 29.5. The lowest BCUT2D eigenvalue weighted by Gasteiger charge is -2.42. The Bertz CT molecular complexity index is 2980. The lowest BCUT2D eigenvalue weighted by molar-refractivity contribution is 0.434. The smallest absolute Gasteiger partial charge is 0.132 e. The summed E-state index contributed by atoms with van der Waals surface area (Å²) >= 11 is 0. The summed E-state index contributed by atoms with van der Waals surface area (Å²) in [7, 11) is 0. The zero-order valence-electron chi connectivity index (χ0n) is 33.7. The van der Waals surface area contributed by atoms with Gasteiger partial charge in [-0.15, -0.1) is 0 Å². The van der Waals surface area contributed by atoms with E-state index in [1.807, 2.05) is 0 Å². The monoisotopic (exact) mass is 769 g/mol. The van der Waals surface area contributed by atoms with Gasteiger partial charge in [-0.25, -0.2) is 0 Å². The average Bonchev–Trinajstić information content (AvgIpc) is 3.54. The molecule has 0 bridgehead atoms. The van der Waals surface area contributed by atoms with Gasteiger partial charge >= 0.3 is 0 Å². The van der Waals surface area contributed by atoms with Gasteiger partial charge in [0.2, 0.25) is 0 Å². The van der Waals surface area contributed by atoms with E-state index in [0.29, 0.717) is 0 Å². The first-order valence-corrected chi connectivity index (χ1v) is 20.8. The zero-order chi connectivity index (χ0) is 40.3. The van der Waals surface area contributed by atoms with Gasteiger partial charge < -0.3 is 9.64 Å². The number of nitrogens with zero attached hydrogens (tertiary/aromatic N) is 1. The topological polar surface area (TPSA) is 12.5 Å². The van der Waals surface area contributed by atoms with Crippen LogP contribution in [0.3, 0.4) is 0 Å². The average molecular weight is 770 g/mol. The lowest BCUT2D eigenvalue weighted by Crippen LogP contribution is -2.34. The van der Waals surface area contributed by atoms with Crippen LogP contribution in [-0.4, -0.2) is 0 Å². The fourth-order valence-electron chi connectivity index (χ4n) is 9.91. The van der Waals surface area contributed by atoms with Gasteiger partial charge in [0.1, 0.15) is 11.5 Å². The van der Waals surface area contributed by atoms with E-state index in [2.05, 4.69) is 243 Å². The molecule has 0 fully saturated rings. The second-order valence-corrected chi connectivity index (χ2v) is 16.5. The van der Waals surface area contributed by atoms with E-state index in [1.165, 1.54) is 55.6 Å². The number of rotatable bonds is 7. The van der Waals surface area contributed by atoms with Gasteiger partial charge in [-0.2, -0.15) is 0 Å². The van der Waals surface area contributed by atoms with Crippen LogP contribution in [0.1, 0.15) is 47.2 Å². The van der Waals surface area contributed by atoms with Crippen molar-refractivity contribution in [2.24, 2.45) is 0 Å². The van der Waals surface area contributed by atoms with E-state index in [-0.39, 0.29) is 5.41 Å². The molecule has 1 aliphatic carbocycles. The lowest BCUT2D eigenvalue weighted by atomic mass is 9.63. The molecule has 11 rings (SSSR count). The van der Waals surface area contributed by atoms with Crippen LogP contribution < -0.4 is 9.64 Å². The van der Waals surface area contributed by atoms with Gasteiger partial charge in [-0.1, -0.05) is 184 Å². The third-order valence-corrected chi connectivity index (χ3v) is 12.8. The largest absolute Gasteiger partial charge is 0.457 e. The highest BCUT2D eigenvalue weighted by Crippen LogP contribution is 2.56. The summed E-state index contributed by atoms with van der Waals surface area (Å²) in [6.07, 6.45) is 0. The number of hydrogen-bond acceptors (Lipinski definition) is 2. The number of para-hydroxylation sites is 2. The molecule has 2 aliphatic rings. The van der Waals surface area contributed by atoms with E-state index >= 15 is 0 Å². The highest BCUT2D eigenvalue weighted by molar-refractivity contribution is 5.88. The van der Waals surface area contributed by atoms with Gasteiger partial charge in [0, 0.05) is 33.6 Å². The predicted octanol–water partition coefficient (Wildman–Crippen LogP) is 15.3. The van der Waals surface area contributed by atoms with Crippen LogP contribution in [-0.2, 0) is 10.8 Å². The van der Waals surface area contributed by atoms with Gasteiger partial charge in [0.05, 0.1) is 5.41 Å². The SMILES string of the molecule is CC1(C)c2cc(-c3ccccc3)ccc2-c2ccc(N(c3ccc(-c4ccccc4)cc3)c3cccc(C4(c5ccccc5)c5ccccc5Oc5ccccc54)c3)cc21. The van der Waals surface area contributed by atoms with Crippen molar-refractivity contribution < 1.29 is 4.74 Å². The normalized spacial score (nSPS) is 13.9. The summed E-state index contributed by atoms with van der Waals surface area (Å²) in [5, 5.41) is 0. The molecule has 0 amide bonds. The number of hydrogen-bond donors (Lipinski definition) is 0. The van der Waals surface area contributed by atoms with Gasteiger partial charge in [-0.3, -0.25) is 0 Å².